The maximum absolute atomic E-state index is 12.0. The second-order valence-electron chi connectivity index (χ2n) is 5.43. The van der Waals surface area contributed by atoms with Crippen molar-refractivity contribution in [1.29, 1.82) is 0 Å². The third-order valence-electron chi connectivity index (χ3n) is 3.51. The van der Waals surface area contributed by atoms with Gasteiger partial charge in [0, 0.05) is 6.20 Å². The summed E-state index contributed by atoms with van der Waals surface area (Å²) in [7, 11) is -4.01. The number of esters is 1. The second kappa shape index (κ2) is 7.67. The first kappa shape index (κ1) is 20.3. The normalized spacial score (nSPS) is 26.0. The summed E-state index contributed by atoms with van der Waals surface area (Å²) in [6.07, 6.45) is -4.41. The number of hydrogen-bond acceptors (Lipinski definition) is 10. The number of carbonyl (C=O) groups is 1. The molecule has 1 fully saturated rings. The highest BCUT2D eigenvalue weighted by atomic mass is 32.2. The molecule has 1 aromatic rings. The molecule has 0 aromatic carbocycles. The highest BCUT2D eigenvalue weighted by molar-refractivity contribution is 7.86. The van der Waals surface area contributed by atoms with Crippen LogP contribution < -0.4 is 11.2 Å². The number of nitrogens with zero attached hydrogens (tertiary/aromatic N) is 1. The van der Waals surface area contributed by atoms with Crippen molar-refractivity contribution in [3.8, 4) is 0 Å². The van der Waals surface area contributed by atoms with Gasteiger partial charge in [-0.05, 0) is 6.92 Å². The molecule has 0 amide bonds. The molecule has 1 aliphatic heterocycles. The van der Waals surface area contributed by atoms with Gasteiger partial charge < -0.3 is 19.7 Å². The van der Waals surface area contributed by atoms with Crippen molar-refractivity contribution in [3.63, 3.8) is 0 Å². The number of aromatic nitrogens is 2. The van der Waals surface area contributed by atoms with Gasteiger partial charge in [0.05, 0.1) is 19.5 Å². The molecule has 2 rings (SSSR count). The van der Waals surface area contributed by atoms with E-state index in [0.29, 0.717) is 4.57 Å². The topological polar surface area (TPSA) is 174 Å². The van der Waals surface area contributed by atoms with E-state index < -0.39 is 64.0 Å². The van der Waals surface area contributed by atoms with Gasteiger partial charge in [-0.1, -0.05) is 0 Å². The second-order valence-corrected chi connectivity index (χ2v) is 7.03. The molecule has 1 aliphatic rings. The van der Waals surface area contributed by atoms with Crippen LogP contribution in [0, 0.1) is 0 Å². The molecule has 146 valence electrons. The molecule has 3 N–H and O–H groups in total. The summed E-state index contributed by atoms with van der Waals surface area (Å²) >= 11 is 0. The maximum atomic E-state index is 12.0. The number of aliphatic hydroxyl groups excluding tert-OH is 2. The Hall–Kier alpha value is -2.06. The minimum atomic E-state index is -4.01. The molecule has 1 aromatic heterocycles. The number of nitrogens with one attached hydrogen (secondary N) is 1. The largest absolute Gasteiger partial charge is 0.462 e. The zero-order valence-corrected chi connectivity index (χ0v) is 14.6. The molecule has 1 saturated heterocycles. The lowest BCUT2D eigenvalue weighted by molar-refractivity contribution is -0.0545. The van der Waals surface area contributed by atoms with Gasteiger partial charge in [0.25, 0.3) is 15.7 Å². The first-order chi connectivity index (χ1) is 12.1. The Morgan fingerprint density at radius 3 is 2.62 bits per heavy atom. The average Bonchev–Trinajstić information content (AvgIpc) is 2.82. The quantitative estimate of drug-likeness (QED) is 0.340. The lowest BCUT2D eigenvalue weighted by Crippen LogP contribution is -2.41. The van der Waals surface area contributed by atoms with Gasteiger partial charge in [0.15, 0.2) is 6.23 Å². The molecule has 0 radical (unpaired) electrons. The third kappa shape index (κ3) is 4.19. The molecule has 13 heteroatoms. The number of ether oxygens (including phenoxy) is 2. The zero-order chi connectivity index (χ0) is 19.6. The van der Waals surface area contributed by atoms with E-state index in [-0.39, 0.29) is 6.61 Å². The fourth-order valence-electron chi connectivity index (χ4n) is 2.45. The Morgan fingerprint density at radius 1 is 1.42 bits per heavy atom. The highest BCUT2D eigenvalue weighted by Gasteiger charge is 2.47. The van der Waals surface area contributed by atoms with E-state index in [1.165, 1.54) is 6.92 Å². The monoisotopic (exact) mass is 394 g/mol. The van der Waals surface area contributed by atoms with E-state index >= 15 is 0 Å². The minimum absolute atomic E-state index is 0.0171. The molecule has 0 saturated carbocycles. The van der Waals surface area contributed by atoms with Gasteiger partial charge >= 0.3 is 11.7 Å². The van der Waals surface area contributed by atoms with E-state index in [0.717, 1.165) is 12.5 Å². The van der Waals surface area contributed by atoms with Gasteiger partial charge in [-0.15, -0.1) is 0 Å². The Morgan fingerprint density at radius 2 is 2.08 bits per heavy atom. The van der Waals surface area contributed by atoms with Crippen molar-refractivity contribution in [2.24, 2.45) is 0 Å². The van der Waals surface area contributed by atoms with Crippen molar-refractivity contribution in [2.75, 3.05) is 19.5 Å². The van der Waals surface area contributed by atoms with Crippen molar-refractivity contribution in [3.05, 3.63) is 32.6 Å². The van der Waals surface area contributed by atoms with Crippen molar-refractivity contribution < 1.29 is 37.1 Å². The Kier molecular flexibility index (Phi) is 5.98. The van der Waals surface area contributed by atoms with Crippen LogP contribution in [-0.4, -0.2) is 71.9 Å². The summed E-state index contributed by atoms with van der Waals surface area (Å²) < 4.78 is 38.0. The van der Waals surface area contributed by atoms with Gasteiger partial charge in [-0.2, -0.15) is 8.42 Å². The lowest BCUT2D eigenvalue weighted by Gasteiger charge is -2.19. The first-order valence-corrected chi connectivity index (χ1v) is 9.26. The molecular formula is C13H18N2O10S. The highest BCUT2D eigenvalue weighted by Crippen LogP contribution is 2.31. The maximum Gasteiger partial charge on any atom is 0.345 e. The van der Waals surface area contributed by atoms with Crippen LogP contribution in [0.25, 0.3) is 0 Å². The van der Waals surface area contributed by atoms with Crippen LogP contribution in [0.5, 0.6) is 0 Å². The molecule has 0 aliphatic carbocycles. The molecule has 4 atom stereocenters. The number of carbonyl (C=O) groups excluding carboxylic acids is 1. The number of rotatable bonds is 6. The van der Waals surface area contributed by atoms with E-state index in [1.54, 1.807) is 0 Å². The predicted molar refractivity (Wildman–Crippen MR) is 84.0 cm³/mol. The molecule has 0 spiro atoms. The van der Waals surface area contributed by atoms with Gasteiger partial charge in [-0.3, -0.25) is 18.5 Å². The number of H-pyrrole nitrogens is 1. The first-order valence-electron chi connectivity index (χ1n) is 7.44. The molecule has 0 bridgehead atoms. The zero-order valence-electron chi connectivity index (χ0n) is 13.8. The van der Waals surface area contributed by atoms with Crippen LogP contribution in [0.2, 0.25) is 0 Å². The fourth-order valence-corrected chi connectivity index (χ4v) is 3.09. The smallest absolute Gasteiger partial charge is 0.345 e. The van der Waals surface area contributed by atoms with Crippen molar-refractivity contribution >= 4 is 16.1 Å². The van der Waals surface area contributed by atoms with E-state index in [9.17, 15) is 33.0 Å². The molecule has 26 heavy (non-hydrogen) atoms. The van der Waals surface area contributed by atoms with E-state index in [2.05, 4.69) is 0 Å². The summed E-state index contributed by atoms with van der Waals surface area (Å²) in [6, 6.07) is 0. The van der Waals surface area contributed by atoms with Gasteiger partial charge in [0.1, 0.15) is 23.9 Å². The Bertz CT molecular complexity index is 889. The van der Waals surface area contributed by atoms with Crippen LogP contribution in [0.15, 0.2) is 15.8 Å². The van der Waals surface area contributed by atoms with E-state index in [1.807, 2.05) is 4.98 Å². The van der Waals surface area contributed by atoms with Crippen LogP contribution in [0.4, 0.5) is 0 Å². The Balaban J connectivity index is 2.44. The van der Waals surface area contributed by atoms with Crippen molar-refractivity contribution in [1.82, 2.24) is 9.55 Å². The summed E-state index contributed by atoms with van der Waals surface area (Å²) in [5.74, 6) is -1.00. The summed E-state index contributed by atoms with van der Waals surface area (Å²) in [5, 5.41) is 19.6. The van der Waals surface area contributed by atoms with E-state index in [4.69, 9.17) is 13.7 Å². The van der Waals surface area contributed by atoms with Crippen LogP contribution in [-0.2, 0) is 23.8 Å². The third-order valence-corrected chi connectivity index (χ3v) is 4.08. The van der Waals surface area contributed by atoms with Gasteiger partial charge in [-0.25, -0.2) is 9.59 Å². The summed E-state index contributed by atoms with van der Waals surface area (Å²) in [5.41, 5.74) is -2.54. The van der Waals surface area contributed by atoms with Crippen LogP contribution in [0.1, 0.15) is 23.5 Å². The number of aliphatic hydroxyl groups is 2. The van der Waals surface area contributed by atoms with Crippen LogP contribution in [0.3, 0.4) is 0 Å². The molecule has 0 unspecified atom stereocenters. The number of hydrogen-bond donors (Lipinski definition) is 3. The predicted octanol–water partition coefficient (Wildman–Crippen LogP) is -2.69. The summed E-state index contributed by atoms with van der Waals surface area (Å²) in [6.45, 7) is 0.790. The lowest BCUT2D eigenvalue weighted by atomic mass is 10.1. The number of aromatic amines is 1. The van der Waals surface area contributed by atoms with Crippen LogP contribution >= 0.6 is 0 Å². The summed E-state index contributed by atoms with van der Waals surface area (Å²) in [4.78, 5) is 37.5. The van der Waals surface area contributed by atoms with Crippen molar-refractivity contribution in [2.45, 2.75) is 31.5 Å². The SMILES string of the molecule is CCOC(=O)c1cn([C@@H]2O[C@H](CO)[C@H](OS(C)(=O)=O)[C@H]2O)c(=O)[nH]c1=O. The fraction of sp³-hybridized carbons (Fsp3) is 0.615. The molecular weight excluding hydrogens is 376 g/mol. The Labute approximate surface area is 147 Å². The molecule has 12 nitrogen and oxygen atoms in total. The minimum Gasteiger partial charge on any atom is -0.462 e. The average molecular weight is 394 g/mol. The molecule has 2 heterocycles. The standard InChI is InChI=1S/C13H18N2O10S/c1-3-23-12(19)6-4-15(13(20)14-10(6)18)11-8(17)9(7(5-16)24-11)25-26(2,21)22/h4,7-9,11,16-17H,3,5H2,1-2H3,(H,14,18,20)/t7-,8-,9+,11-/m1/s1. The van der Waals surface area contributed by atoms with Gasteiger partial charge in [0.2, 0.25) is 0 Å².